The summed E-state index contributed by atoms with van der Waals surface area (Å²) in [7, 11) is 0. The first-order valence-electron chi connectivity index (χ1n) is 7.63. The van der Waals surface area contributed by atoms with Crippen molar-refractivity contribution < 1.29 is 0 Å². The average molecular weight is 240 g/mol. The van der Waals surface area contributed by atoms with E-state index in [0.29, 0.717) is 5.54 Å². The first-order chi connectivity index (χ1) is 8.12. The third kappa shape index (κ3) is 3.45. The third-order valence-electron chi connectivity index (χ3n) is 4.88. The minimum absolute atomic E-state index is 0.355. The maximum atomic E-state index is 3.82. The van der Waals surface area contributed by atoms with E-state index < -0.39 is 0 Å². The summed E-state index contributed by atoms with van der Waals surface area (Å²) >= 11 is 0. The molecular formula is C15H32N2. The SMILES string of the molecule is CCC(CC)N1CC(CC)(CC)NCCC1C. The van der Waals surface area contributed by atoms with Crippen molar-refractivity contribution in [2.45, 2.75) is 84.3 Å². The Labute approximate surface area is 108 Å². The molecule has 1 rings (SSSR count). The van der Waals surface area contributed by atoms with Gasteiger partial charge in [-0.2, -0.15) is 0 Å². The van der Waals surface area contributed by atoms with Crippen molar-refractivity contribution in [3.63, 3.8) is 0 Å². The molecule has 0 aliphatic carbocycles. The second kappa shape index (κ2) is 6.75. The molecule has 0 radical (unpaired) electrons. The zero-order valence-electron chi connectivity index (χ0n) is 12.6. The maximum absolute atomic E-state index is 3.82. The standard InChI is InChI=1S/C15H32N2/c1-6-14(7-2)17-12-15(8-3,9-4)16-11-10-13(17)5/h13-14,16H,6-12H2,1-5H3. The van der Waals surface area contributed by atoms with Crippen LogP contribution in [0.25, 0.3) is 0 Å². The Morgan fingerprint density at radius 2 is 1.76 bits per heavy atom. The molecule has 17 heavy (non-hydrogen) atoms. The van der Waals surface area contributed by atoms with Gasteiger partial charge in [-0.15, -0.1) is 0 Å². The first kappa shape index (κ1) is 15.0. The van der Waals surface area contributed by atoms with Crippen LogP contribution in [-0.4, -0.2) is 35.6 Å². The molecule has 1 atom stereocenters. The molecule has 0 bridgehead atoms. The van der Waals surface area contributed by atoms with Gasteiger partial charge in [0.25, 0.3) is 0 Å². The lowest BCUT2D eigenvalue weighted by Gasteiger charge is -2.41. The van der Waals surface area contributed by atoms with Crippen LogP contribution in [0, 0.1) is 0 Å². The van der Waals surface area contributed by atoms with Gasteiger partial charge in [0.05, 0.1) is 0 Å². The van der Waals surface area contributed by atoms with Crippen molar-refractivity contribution in [3.8, 4) is 0 Å². The first-order valence-corrected chi connectivity index (χ1v) is 7.63. The van der Waals surface area contributed by atoms with Crippen LogP contribution in [0.3, 0.4) is 0 Å². The maximum Gasteiger partial charge on any atom is 0.0303 e. The Bertz CT molecular complexity index is 207. The third-order valence-corrected chi connectivity index (χ3v) is 4.88. The van der Waals surface area contributed by atoms with Crippen molar-refractivity contribution in [3.05, 3.63) is 0 Å². The van der Waals surface area contributed by atoms with E-state index in [-0.39, 0.29) is 0 Å². The molecule has 0 saturated carbocycles. The van der Waals surface area contributed by atoms with Crippen molar-refractivity contribution >= 4 is 0 Å². The van der Waals surface area contributed by atoms with Crippen LogP contribution in [0.4, 0.5) is 0 Å². The van der Waals surface area contributed by atoms with Crippen LogP contribution >= 0.6 is 0 Å². The molecule has 0 aromatic heterocycles. The quantitative estimate of drug-likeness (QED) is 0.792. The van der Waals surface area contributed by atoms with Crippen molar-refractivity contribution in [1.82, 2.24) is 10.2 Å². The van der Waals surface area contributed by atoms with Crippen LogP contribution in [0.1, 0.15) is 66.7 Å². The summed E-state index contributed by atoms with van der Waals surface area (Å²) in [5, 5.41) is 3.82. The fourth-order valence-corrected chi connectivity index (χ4v) is 3.24. The number of hydrogen-bond donors (Lipinski definition) is 1. The highest BCUT2D eigenvalue weighted by atomic mass is 15.2. The summed E-state index contributed by atoms with van der Waals surface area (Å²) in [6.07, 6.45) is 6.34. The van der Waals surface area contributed by atoms with E-state index in [2.05, 4.69) is 44.8 Å². The van der Waals surface area contributed by atoms with E-state index in [9.17, 15) is 0 Å². The summed E-state index contributed by atoms with van der Waals surface area (Å²) < 4.78 is 0. The zero-order chi connectivity index (χ0) is 12.9. The summed E-state index contributed by atoms with van der Waals surface area (Å²) in [5.41, 5.74) is 0.355. The Morgan fingerprint density at radius 1 is 1.18 bits per heavy atom. The molecular weight excluding hydrogens is 208 g/mol. The van der Waals surface area contributed by atoms with Gasteiger partial charge < -0.3 is 5.32 Å². The monoisotopic (exact) mass is 240 g/mol. The number of nitrogens with zero attached hydrogens (tertiary/aromatic N) is 1. The smallest absolute Gasteiger partial charge is 0.0303 e. The van der Waals surface area contributed by atoms with Crippen LogP contribution in [-0.2, 0) is 0 Å². The lowest BCUT2D eigenvalue weighted by atomic mass is 9.91. The Morgan fingerprint density at radius 3 is 2.24 bits per heavy atom. The highest BCUT2D eigenvalue weighted by Gasteiger charge is 2.34. The van der Waals surface area contributed by atoms with Gasteiger partial charge >= 0.3 is 0 Å². The molecule has 0 amide bonds. The lowest BCUT2D eigenvalue weighted by molar-refractivity contribution is 0.103. The predicted octanol–water partition coefficient (Wildman–Crippen LogP) is 3.42. The molecule has 0 aromatic rings. The fraction of sp³-hybridized carbons (Fsp3) is 1.00. The molecule has 1 fully saturated rings. The van der Waals surface area contributed by atoms with E-state index in [4.69, 9.17) is 0 Å². The topological polar surface area (TPSA) is 15.3 Å². The van der Waals surface area contributed by atoms with Gasteiger partial charge in [-0.25, -0.2) is 0 Å². The van der Waals surface area contributed by atoms with E-state index in [0.717, 1.165) is 12.1 Å². The van der Waals surface area contributed by atoms with Gasteiger partial charge in [0.1, 0.15) is 0 Å². The summed E-state index contributed by atoms with van der Waals surface area (Å²) in [5.74, 6) is 0. The number of rotatable bonds is 5. The normalized spacial score (nSPS) is 26.1. The molecule has 1 aliphatic rings. The van der Waals surface area contributed by atoms with Gasteiger partial charge in [0.15, 0.2) is 0 Å². The number of hydrogen-bond acceptors (Lipinski definition) is 2. The molecule has 1 aliphatic heterocycles. The van der Waals surface area contributed by atoms with Crippen LogP contribution in [0.15, 0.2) is 0 Å². The second-order valence-electron chi connectivity index (χ2n) is 5.69. The van der Waals surface area contributed by atoms with E-state index in [1.54, 1.807) is 0 Å². The Balaban J connectivity index is 2.84. The van der Waals surface area contributed by atoms with E-state index in [1.165, 1.54) is 45.2 Å². The summed E-state index contributed by atoms with van der Waals surface area (Å²) in [6.45, 7) is 14.1. The minimum Gasteiger partial charge on any atom is -0.310 e. The minimum atomic E-state index is 0.355. The molecule has 2 nitrogen and oxygen atoms in total. The van der Waals surface area contributed by atoms with Crippen molar-refractivity contribution in [2.75, 3.05) is 13.1 Å². The number of nitrogens with one attached hydrogen (secondary N) is 1. The summed E-state index contributed by atoms with van der Waals surface area (Å²) in [6, 6.07) is 1.50. The highest BCUT2D eigenvalue weighted by Crippen LogP contribution is 2.25. The van der Waals surface area contributed by atoms with Gasteiger partial charge in [-0.05, 0) is 45.6 Å². The lowest BCUT2D eigenvalue weighted by Crippen LogP contribution is -2.53. The van der Waals surface area contributed by atoms with Crippen molar-refractivity contribution in [1.29, 1.82) is 0 Å². The van der Waals surface area contributed by atoms with Crippen LogP contribution in [0.5, 0.6) is 0 Å². The average Bonchev–Trinajstić information content (AvgIpc) is 2.52. The van der Waals surface area contributed by atoms with Crippen molar-refractivity contribution in [2.24, 2.45) is 0 Å². The largest absolute Gasteiger partial charge is 0.310 e. The molecule has 0 spiro atoms. The van der Waals surface area contributed by atoms with Gasteiger partial charge in [0.2, 0.25) is 0 Å². The Hall–Kier alpha value is -0.0800. The summed E-state index contributed by atoms with van der Waals surface area (Å²) in [4.78, 5) is 2.77. The molecule has 1 saturated heterocycles. The van der Waals surface area contributed by atoms with Crippen LogP contribution in [0.2, 0.25) is 0 Å². The fourth-order valence-electron chi connectivity index (χ4n) is 3.24. The van der Waals surface area contributed by atoms with E-state index >= 15 is 0 Å². The molecule has 0 aromatic carbocycles. The molecule has 1 N–H and O–H groups in total. The van der Waals surface area contributed by atoms with Crippen LogP contribution < -0.4 is 5.32 Å². The van der Waals surface area contributed by atoms with Gasteiger partial charge in [-0.3, -0.25) is 4.90 Å². The zero-order valence-corrected chi connectivity index (χ0v) is 12.6. The Kier molecular flexibility index (Phi) is 5.94. The molecule has 1 heterocycles. The van der Waals surface area contributed by atoms with E-state index in [1.807, 2.05) is 0 Å². The molecule has 1 unspecified atom stereocenters. The van der Waals surface area contributed by atoms with Gasteiger partial charge in [0, 0.05) is 24.2 Å². The van der Waals surface area contributed by atoms with Gasteiger partial charge in [-0.1, -0.05) is 27.7 Å². The highest BCUT2D eigenvalue weighted by molar-refractivity contribution is 4.94. The second-order valence-corrected chi connectivity index (χ2v) is 5.69. The predicted molar refractivity (Wildman–Crippen MR) is 76.5 cm³/mol. The molecule has 2 heteroatoms. The molecule has 102 valence electrons.